The topological polar surface area (TPSA) is 261 Å². The van der Waals surface area contributed by atoms with Gasteiger partial charge in [0.2, 0.25) is 0 Å². The first kappa shape index (κ1) is 49.7. The number of phosphoric acid groups is 2. The van der Waals surface area contributed by atoms with Gasteiger partial charge < -0.3 is 40.6 Å². The zero-order valence-electron chi connectivity index (χ0n) is 36.1. The maximum absolute atomic E-state index is 13.3. The largest absolute Gasteiger partial charge is 0.475 e. The predicted octanol–water partition coefficient (Wildman–Crippen LogP) is 5.10. The number of fused-ring (bicyclic) bond motifs is 1. The molecule has 6 unspecified atom stereocenters. The van der Waals surface area contributed by atoms with E-state index in [0.717, 1.165) is 11.1 Å². The first-order chi connectivity index (χ1) is 31.9. The highest BCUT2D eigenvalue weighted by Crippen LogP contribution is 2.58. The van der Waals surface area contributed by atoms with Crippen molar-refractivity contribution in [2.24, 2.45) is 11.5 Å². The van der Waals surface area contributed by atoms with E-state index in [0.29, 0.717) is 28.5 Å². The minimum Gasteiger partial charge on any atom is -0.387 e. The van der Waals surface area contributed by atoms with Crippen molar-refractivity contribution in [1.82, 2.24) is 0 Å². The third kappa shape index (κ3) is 11.8. The number of primary amides is 2. The third-order valence-electron chi connectivity index (χ3n) is 11.3. The van der Waals surface area contributed by atoms with E-state index < -0.39 is 94.5 Å². The van der Waals surface area contributed by atoms with Gasteiger partial charge in [0.05, 0.1) is 38.6 Å². The fraction of sp³-hybridized carbons (Fsp3) is 0.442. The van der Waals surface area contributed by atoms with E-state index in [-0.39, 0.29) is 32.0 Å². The van der Waals surface area contributed by atoms with Crippen molar-refractivity contribution in [3.05, 3.63) is 130 Å². The molecule has 7 heterocycles. The van der Waals surface area contributed by atoms with Crippen LogP contribution in [0.25, 0.3) is 0 Å². The van der Waals surface area contributed by atoms with Crippen LogP contribution in [-0.2, 0) is 55.2 Å². The van der Waals surface area contributed by atoms with Gasteiger partial charge in [-0.2, -0.15) is 9.13 Å². The van der Waals surface area contributed by atoms with Crippen LogP contribution in [0.5, 0.6) is 0 Å². The van der Waals surface area contributed by atoms with Gasteiger partial charge in [0.1, 0.15) is 35.5 Å². The molecular weight excluding hydrogens is 961 g/mol. The first-order valence-corrected chi connectivity index (χ1v) is 24.9. The van der Waals surface area contributed by atoms with Crippen molar-refractivity contribution < 1.29 is 84.2 Å². The molecule has 5 aliphatic rings. The molecule has 20 nitrogen and oxygen atoms in total. The number of aliphatic hydroxyl groups is 2. The number of halogens is 2. The Labute approximate surface area is 395 Å². The zero-order valence-corrected chi connectivity index (χ0v) is 39.4. The number of pyridine rings is 2. The molecule has 5 saturated heterocycles. The van der Waals surface area contributed by atoms with E-state index in [1.165, 1.54) is 16.8 Å². The summed E-state index contributed by atoms with van der Waals surface area (Å²) < 4.78 is 86.5. The number of hydrogen-bond acceptors (Lipinski definition) is 16. The molecule has 4 aromatic rings. The van der Waals surface area contributed by atoms with Crippen molar-refractivity contribution in [1.29, 1.82) is 0 Å². The van der Waals surface area contributed by atoms with E-state index in [4.69, 9.17) is 80.8 Å². The maximum Gasteiger partial charge on any atom is 0.475 e. The Morgan fingerprint density at radius 3 is 1.69 bits per heavy atom. The molecule has 24 heteroatoms. The van der Waals surface area contributed by atoms with Crippen LogP contribution in [0.3, 0.4) is 0 Å². The second-order valence-electron chi connectivity index (χ2n) is 16.5. The summed E-state index contributed by atoms with van der Waals surface area (Å²) >= 11 is 12.1. The SMILES string of the molecule is CC1(C)O[C@@H]2[C@H](O1)C(COP1(=O)OCCC(c3cccc(Cl)c3)O1)O[C@H]2[n+]1cccc(C(N)=O)c1.NC(=O)c1ccc[n+]([C@@H]2OC(COP3(=O)OCCC(c4cccc(Cl)c4)O3)[C@@H](O)[C@H]2O)c1. The molecule has 0 spiro atoms. The third-order valence-corrected chi connectivity index (χ3v) is 14.7. The molecule has 5 fully saturated rings. The smallest absolute Gasteiger partial charge is 0.387 e. The summed E-state index contributed by atoms with van der Waals surface area (Å²) in [4.78, 5) is 23.1. The molecule has 0 saturated carbocycles. The highest BCUT2D eigenvalue weighted by molar-refractivity contribution is 7.48. The van der Waals surface area contributed by atoms with Gasteiger partial charge in [-0.1, -0.05) is 47.5 Å². The number of nitrogens with two attached hydrogens (primary N) is 2. The number of carbonyl (C=O) groups is 2. The lowest BCUT2D eigenvalue weighted by Crippen LogP contribution is -2.46. The van der Waals surface area contributed by atoms with Gasteiger partial charge in [0, 0.05) is 35.0 Å². The van der Waals surface area contributed by atoms with Crippen molar-refractivity contribution in [3.8, 4) is 0 Å². The monoisotopic (exact) mass is 1010 g/mol. The van der Waals surface area contributed by atoms with Crippen LogP contribution in [0, 0.1) is 0 Å². The molecule has 6 N–H and O–H groups in total. The number of aromatic nitrogens is 2. The van der Waals surface area contributed by atoms with Gasteiger partial charge in [0.25, 0.3) is 24.3 Å². The number of hydrogen-bond donors (Lipinski definition) is 4. The molecule has 360 valence electrons. The highest BCUT2D eigenvalue weighted by atomic mass is 35.5. The van der Waals surface area contributed by atoms with Crippen LogP contribution in [0.1, 0.15) is 83.2 Å². The summed E-state index contributed by atoms with van der Waals surface area (Å²) in [6, 6.07) is 20.6. The van der Waals surface area contributed by atoms with E-state index in [1.54, 1.807) is 97.7 Å². The molecule has 67 heavy (non-hydrogen) atoms. The van der Waals surface area contributed by atoms with Crippen LogP contribution < -0.4 is 20.6 Å². The quantitative estimate of drug-likeness (QED) is 0.106. The second-order valence-corrected chi connectivity index (χ2v) is 20.6. The van der Waals surface area contributed by atoms with Crippen LogP contribution in [0.15, 0.2) is 97.6 Å². The summed E-state index contributed by atoms with van der Waals surface area (Å²) in [5.74, 6) is -2.07. The normalized spacial score (nSPS) is 33.3. The number of rotatable bonds is 12. The minimum absolute atomic E-state index is 0.118. The molecule has 2 aromatic carbocycles. The Morgan fingerprint density at radius 1 is 0.701 bits per heavy atom. The Hall–Kier alpha value is -3.76. The summed E-state index contributed by atoms with van der Waals surface area (Å²) in [7, 11) is -7.82. The lowest BCUT2D eigenvalue weighted by Gasteiger charge is -2.30. The van der Waals surface area contributed by atoms with E-state index in [9.17, 15) is 28.9 Å². The lowest BCUT2D eigenvalue weighted by molar-refractivity contribution is -0.766. The molecule has 5 aliphatic heterocycles. The molecule has 12 atom stereocenters. The van der Waals surface area contributed by atoms with E-state index in [1.807, 2.05) is 6.07 Å². The lowest BCUT2D eigenvalue weighted by atomic mass is 10.1. The van der Waals surface area contributed by atoms with E-state index >= 15 is 0 Å². The number of amides is 2. The summed E-state index contributed by atoms with van der Waals surface area (Å²) in [6.45, 7) is 3.48. The molecular formula is C43H50Cl2N4O16P2+2. The Kier molecular flexibility index (Phi) is 15.3. The minimum atomic E-state index is -3.95. The number of benzene rings is 2. The van der Waals surface area contributed by atoms with Crippen LogP contribution in [0.2, 0.25) is 10.0 Å². The fourth-order valence-corrected chi connectivity index (χ4v) is 11.3. The standard InChI is InChI=1S/C23H26ClN2O8P.C20H22ClN2O8P/c1-23(2)32-19-18(31-22(20(19)33-23)26-9-4-6-15(12-26)21(25)27)13-30-35(28)29-10-8-17(34-35)14-5-3-7-16(24)11-14;21-14-5-1-3-12(9-14)15-6-8-28-32(27,31-15)29-11-16-17(24)18(25)20(30-16)23-7-2-4-13(10-23)19(22)26/h3-7,9,11-12,17-20,22H,8,10,13H2,1-2H3,(H-,25,27);1-5,7,9-10,15-18,20,24-25H,6,8,11H2,(H-,22,26)/p+2/t17?,18?,19-,20-,22-,35?;15?,16?,17-,18-,20-,32?/m11/s1. The first-order valence-electron chi connectivity index (χ1n) is 21.2. The molecule has 0 bridgehead atoms. The summed E-state index contributed by atoms with van der Waals surface area (Å²) in [5.41, 5.74) is 12.8. The van der Waals surface area contributed by atoms with Crippen molar-refractivity contribution >= 4 is 50.7 Å². The van der Waals surface area contributed by atoms with Crippen molar-refractivity contribution in [2.75, 3.05) is 26.4 Å². The molecule has 9 rings (SSSR count). The Morgan fingerprint density at radius 2 is 1.18 bits per heavy atom. The predicted molar refractivity (Wildman–Crippen MR) is 233 cm³/mol. The average Bonchev–Trinajstić information content (AvgIpc) is 3.91. The summed E-state index contributed by atoms with van der Waals surface area (Å²) in [6.07, 6.45) is -0.719. The van der Waals surface area contributed by atoms with Gasteiger partial charge >= 0.3 is 15.6 Å². The van der Waals surface area contributed by atoms with Crippen molar-refractivity contribution in [2.45, 2.75) is 93.8 Å². The maximum atomic E-state index is 13.3. The van der Waals surface area contributed by atoms with Gasteiger partial charge in [-0.3, -0.25) is 36.7 Å². The zero-order chi connectivity index (χ0) is 47.7. The van der Waals surface area contributed by atoms with Gasteiger partial charge in [0.15, 0.2) is 42.8 Å². The number of ether oxygens (including phenoxy) is 4. The molecule has 2 amide bonds. The van der Waals surface area contributed by atoms with Crippen LogP contribution in [0.4, 0.5) is 0 Å². The van der Waals surface area contributed by atoms with Crippen LogP contribution >= 0.6 is 38.8 Å². The molecule has 2 aromatic heterocycles. The second kappa shape index (κ2) is 20.7. The van der Waals surface area contributed by atoms with Crippen LogP contribution in [-0.4, -0.2) is 90.9 Å². The van der Waals surface area contributed by atoms with Gasteiger partial charge in [-0.15, -0.1) is 0 Å². The number of phosphoric ester groups is 2. The van der Waals surface area contributed by atoms with Gasteiger partial charge in [-0.05, 0) is 61.4 Å². The highest BCUT2D eigenvalue weighted by Gasteiger charge is 2.60. The fourth-order valence-electron chi connectivity index (χ4n) is 8.09. The van der Waals surface area contributed by atoms with Crippen molar-refractivity contribution in [3.63, 3.8) is 0 Å². The summed E-state index contributed by atoms with van der Waals surface area (Å²) in [5, 5.41) is 21.9. The Bertz CT molecular complexity index is 2550. The Balaban J connectivity index is 0.000000182. The van der Waals surface area contributed by atoms with E-state index in [2.05, 4.69) is 0 Å². The molecule has 0 radical (unpaired) electrons. The number of nitrogens with zero attached hydrogens (tertiary/aromatic N) is 2. The average molecular weight is 1010 g/mol. The number of aliphatic hydroxyl groups excluding tert-OH is 2. The van der Waals surface area contributed by atoms with Gasteiger partial charge in [-0.25, -0.2) is 9.13 Å². The molecule has 0 aliphatic carbocycles. The number of carbonyl (C=O) groups excluding carboxylic acids is 2.